The highest BCUT2D eigenvalue weighted by Gasteiger charge is 2.30. The quantitative estimate of drug-likeness (QED) is 0.0261. The number of carbonyl (C=O) groups excluding carboxylic acids is 8. The lowest BCUT2D eigenvalue weighted by atomic mass is 9.91. The molecule has 9 aromatic carbocycles. The summed E-state index contributed by atoms with van der Waals surface area (Å²) in [6.07, 6.45) is 12.1. The summed E-state index contributed by atoms with van der Waals surface area (Å²) < 4.78 is 81.4. The first-order chi connectivity index (χ1) is 63.0. The zero-order valence-corrected chi connectivity index (χ0v) is 75.5. The fraction of sp³-hybridized carbons (Fsp3) is 0.320. The van der Waals surface area contributed by atoms with E-state index in [1.807, 2.05) is 54.6 Å². The number of aryl methyl sites for hydroxylation is 4. The molecule has 23 nitrogen and oxygen atoms in total. The molecule has 8 amide bonds. The molecule has 0 spiro atoms. The lowest BCUT2D eigenvalue weighted by Crippen LogP contribution is -2.45. The van der Waals surface area contributed by atoms with Crippen LogP contribution in [0.5, 0.6) is 23.0 Å². The maximum atomic E-state index is 13.6. The molecular formula is C100H100Cl4F4N10O13. The number of carbonyl (C=O) groups is 8. The largest absolute Gasteiger partial charge is 0.484 e. The highest BCUT2D eigenvalue weighted by Crippen LogP contribution is 2.31. The predicted molar refractivity (Wildman–Crippen MR) is 497 cm³/mol. The van der Waals surface area contributed by atoms with E-state index >= 15 is 0 Å². The van der Waals surface area contributed by atoms with Gasteiger partial charge in [-0.15, -0.1) is 0 Å². The Morgan fingerprint density at radius 1 is 0.298 bits per heavy atom. The molecule has 0 radical (unpaired) electrons. The number of amides is 8. The summed E-state index contributed by atoms with van der Waals surface area (Å²) in [7, 11) is 0. The van der Waals surface area contributed by atoms with Crippen molar-refractivity contribution in [1.82, 2.24) is 52.5 Å². The van der Waals surface area contributed by atoms with Crippen molar-refractivity contribution in [3.05, 3.63) is 282 Å². The number of hydrogen-bond donors (Lipinski definition) is 8. The second kappa shape index (κ2) is 45.8. The number of aromatic nitrogens is 2. The minimum atomic E-state index is -0.366. The number of benzene rings is 9. The van der Waals surface area contributed by atoms with Gasteiger partial charge in [0.15, 0.2) is 32.2 Å². The molecule has 3 heterocycles. The standard InChI is InChI=1S/C26H26ClFN2O3.2C25H25ClFN3O3.C24H24ClFN2O4/c1-16-2-11-23(14-24(16)28)33-15-25(31)29-21-7-9-22(10-8-21)30-26(32)19-4-3-18-13-20(27)6-5-17(18)12-19;2*1-15-2-9-20(13-21(15)27)33-14-24(31)28-18-5-7-19(8-6-18)29-25(32)23-10-3-16-12-17(26)4-11-22(16)30-23;1-14-2-8-19(12-20(14)26)31-13-23(29)27-17-4-6-18(7-5-17)28-24(30)22-11-15-10-16(25)3-9-21(15)32-22/h2-6,11-14,21-22H,7-10,15H2,1H3,(H,29,31)(H,30,32);2*2-4,9-13,18-19H,5-8,14H2,1H3,(H,28,31)(H,29,32);2-3,8-12,17-18H,4-7,13H2,1H3,(H,27,29)(H,28,30). The Morgan fingerprint density at radius 2 is 0.573 bits per heavy atom. The summed E-state index contributed by atoms with van der Waals surface area (Å²) in [6.45, 7) is 6.00. The van der Waals surface area contributed by atoms with Crippen LogP contribution in [0.25, 0.3) is 43.5 Å². The molecule has 4 aliphatic carbocycles. The molecule has 8 N–H and O–H groups in total. The monoisotopic (exact) mass is 1860 g/mol. The first-order valence-electron chi connectivity index (χ1n) is 43.5. The summed E-state index contributed by atoms with van der Waals surface area (Å²) in [5, 5.41) is 31.0. The fourth-order valence-corrected chi connectivity index (χ4v) is 16.6. The molecule has 4 saturated carbocycles. The van der Waals surface area contributed by atoms with E-state index in [9.17, 15) is 55.9 Å². The van der Waals surface area contributed by atoms with Gasteiger partial charge in [0, 0.05) is 114 Å². The summed E-state index contributed by atoms with van der Waals surface area (Å²) >= 11 is 24.0. The summed E-state index contributed by atoms with van der Waals surface area (Å²) in [6, 6.07) is 54.1. The maximum Gasteiger partial charge on any atom is 0.287 e. The molecular weight excluding hydrogens is 1770 g/mol. The van der Waals surface area contributed by atoms with Gasteiger partial charge in [-0.25, -0.2) is 27.5 Å². The molecule has 0 aliphatic heterocycles. The number of nitrogens with one attached hydrogen (secondary N) is 8. The van der Waals surface area contributed by atoms with Gasteiger partial charge in [-0.05, 0) is 285 Å². The Balaban J connectivity index is 0.000000149. The van der Waals surface area contributed by atoms with Crippen LogP contribution in [0.4, 0.5) is 17.6 Å². The Bertz CT molecular complexity index is 5700. The fourth-order valence-electron chi connectivity index (χ4n) is 15.8. The number of halogens is 8. The smallest absolute Gasteiger partial charge is 0.287 e. The van der Waals surface area contributed by atoms with Crippen LogP contribution in [0.2, 0.25) is 20.1 Å². The molecule has 0 bridgehead atoms. The minimum Gasteiger partial charge on any atom is -0.484 e. The van der Waals surface area contributed by atoms with Crippen LogP contribution >= 0.6 is 46.4 Å². The first kappa shape index (κ1) is 96.0. The molecule has 31 heteroatoms. The van der Waals surface area contributed by atoms with Crippen LogP contribution in [-0.4, -0.2) is 132 Å². The lowest BCUT2D eigenvalue weighted by Gasteiger charge is -2.29. The summed E-state index contributed by atoms with van der Waals surface area (Å²) in [5.41, 5.74) is 5.50. The molecule has 684 valence electrons. The van der Waals surface area contributed by atoms with Gasteiger partial charge in [-0.2, -0.15) is 0 Å². The van der Waals surface area contributed by atoms with E-state index in [0.717, 1.165) is 130 Å². The number of hydrogen-bond acceptors (Lipinski definition) is 15. The number of ether oxygens (including phenoxy) is 4. The SMILES string of the molecule is Cc1ccc(OCC(=O)NC2CCC(NC(=O)c3cc4cc(Cl)ccc4o3)CC2)cc1F.Cc1ccc(OCC(=O)NC2CCC(NC(=O)c3ccc4cc(Cl)ccc4c3)CC2)cc1F.Cc1ccc(OCC(=O)NC2CCC(NC(=O)c3ccc4cc(Cl)ccc4n3)CC2)cc1F.Cc1ccc(OCC(=O)NC2CCC(NC(=O)c3ccc4cc(Cl)ccc4n3)CC2)cc1F. The molecule has 4 fully saturated rings. The van der Waals surface area contributed by atoms with E-state index in [1.54, 1.807) is 143 Å². The van der Waals surface area contributed by atoms with Crippen molar-refractivity contribution >= 4 is 137 Å². The van der Waals surface area contributed by atoms with E-state index in [1.165, 1.54) is 24.3 Å². The van der Waals surface area contributed by atoms with Gasteiger partial charge in [0.05, 0.1) is 11.0 Å². The molecule has 0 saturated heterocycles. The molecule has 16 rings (SSSR count). The molecule has 131 heavy (non-hydrogen) atoms. The Hall–Kier alpha value is -12.6. The third-order valence-corrected chi connectivity index (χ3v) is 24.2. The minimum absolute atomic E-state index is 0.0132. The third kappa shape index (κ3) is 28.5. The van der Waals surface area contributed by atoms with E-state index in [2.05, 4.69) is 52.5 Å². The van der Waals surface area contributed by atoms with Crippen molar-refractivity contribution in [1.29, 1.82) is 0 Å². The van der Waals surface area contributed by atoms with Gasteiger partial charge in [-0.1, -0.05) is 94.9 Å². The van der Waals surface area contributed by atoms with Crippen LogP contribution in [-0.2, 0) is 19.2 Å². The van der Waals surface area contributed by atoms with Crippen molar-refractivity contribution in [3.8, 4) is 23.0 Å². The number of nitrogens with zero attached hydrogens (tertiary/aromatic N) is 2. The summed E-state index contributed by atoms with van der Waals surface area (Å²) in [5.74, 6) is -1.66. The van der Waals surface area contributed by atoms with E-state index in [-0.39, 0.29) is 151 Å². The predicted octanol–water partition coefficient (Wildman–Crippen LogP) is 19.1. The molecule has 0 atom stereocenters. The highest BCUT2D eigenvalue weighted by molar-refractivity contribution is 6.32. The zero-order chi connectivity index (χ0) is 92.8. The van der Waals surface area contributed by atoms with Crippen LogP contribution in [0.3, 0.4) is 0 Å². The van der Waals surface area contributed by atoms with E-state index < -0.39 is 0 Å². The second-order valence-corrected chi connectivity index (χ2v) is 35.0. The second-order valence-electron chi connectivity index (χ2n) is 33.2. The topological polar surface area (TPSA) is 309 Å². The third-order valence-electron chi connectivity index (χ3n) is 23.3. The van der Waals surface area contributed by atoms with Gasteiger partial charge in [0.1, 0.15) is 63.2 Å². The number of pyridine rings is 2. The van der Waals surface area contributed by atoms with Crippen molar-refractivity contribution in [2.75, 3.05) is 26.4 Å². The molecule has 0 unspecified atom stereocenters. The summed E-state index contributed by atoms with van der Waals surface area (Å²) in [4.78, 5) is 108. The average molecular weight is 1870 g/mol. The Kier molecular flexibility index (Phi) is 33.6. The maximum absolute atomic E-state index is 13.6. The van der Waals surface area contributed by atoms with Crippen LogP contribution in [0, 0.1) is 51.0 Å². The molecule has 3 aromatic heterocycles. The van der Waals surface area contributed by atoms with Gasteiger partial charge in [0.2, 0.25) is 0 Å². The van der Waals surface area contributed by atoms with Gasteiger partial charge < -0.3 is 65.9 Å². The number of rotatable bonds is 24. The van der Waals surface area contributed by atoms with Gasteiger partial charge in [0.25, 0.3) is 47.3 Å². The van der Waals surface area contributed by atoms with E-state index in [0.29, 0.717) is 98.9 Å². The van der Waals surface area contributed by atoms with Crippen LogP contribution < -0.4 is 61.5 Å². The first-order valence-corrected chi connectivity index (χ1v) is 45.0. The normalized spacial score (nSPS) is 18.1. The highest BCUT2D eigenvalue weighted by atomic mass is 35.5. The number of fused-ring (bicyclic) bond motifs is 4. The zero-order valence-electron chi connectivity index (χ0n) is 72.5. The molecule has 4 aliphatic rings. The van der Waals surface area contributed by atoms with E-state index in [4.69, 9.17) is 69.8 Å². The van der Waals surface area contributed by atoms with Crippen molar-refractivity contribution in [2.24, 2.45) is 0 Å². The molecule has 12 aromatic rings. The Labute approximate surface area is 774 Å². The van der Waals surface area contributed by atoms with Gasteiger partial charge >= 0.3 is 0 Å². The van der Waals surface area contributed by atoms with Crippen LogP contribution in [0.1, 0.15) is 167 Å². The van der Waals surface area contributed by atoms with Crippen molar-refractivity contribution in [2.45, 2.75) is 179 Å². The Morgan fingerprint density at radius 3 is 0.916 bits per heavy atom. The van der Waals surface area contributed by atoms with Crippen LogP contribution in [0.15, 0.2) is 199 Å². The number of furan rings is 1. The van der Waals surface area contributed by atoms with Crippen molar-refractivity contribution in [3.63, 3.8) is 0 Å². The lowest BCUT2D eigenvalue weighted by molar-refractivity contribution is -0.124. The van der Waals surface area contributed by atoms with Gasteiger partial charge in [-0.3, -0.25) is 38.4 Å². The van der Waals surface area contributed by atoms with Crippen molar-refractivity contribution < 1.29 is 79.3 Å². The average Bonchev–Trinajstić information content (AvgIpc) is 1.73.